The van der Waals surface area contributed by atoms with Gasteiger partial charge < -0.3 is 39.4 Å². The number of rotatable bonds is 16. The molecule has 0 aliphatic rings. The smallest absolute Gasteiger partial charge is 0.311 e. The Labute approximate surface area is 197 Å². The highest BCUT2D eigenvalue weighted by atomic mass is 32.2. The summed E-state index contributed by atoms with van der Waals surface area (Å²) in [6.45, 7) is 2.41. The largest absolute Gasteiger partial charge is 0.491 e. The first-order chi connectivity index (χ1) is 15.6. The van der Waals surface area contributed by atoms with Crippen molar-refractivity contribution in [2.24, 2.45) is 5.41 Å². The van der Waals surface area contributed by atoms with Crippen molar-refractivity contribution in [2.45, 2.75) is 38.6 Å². The average Bonchev–Trinajstić information content (AvgIpc) is 2.79. The number of methoxy groups -OCH3 is 1. The van der Waals surface area contributed by atoms with Crippen LogP contribution in [0.2, 0.25) is 0 Å². The van der Waals surface area contributed by atoms with Crippen LogP contribution < -0.4 is 9.47 Å². The van der Waals surface area contributed by atoms with Crippen molar-refractivity contribution < 1.29 is 49.0 Å². The maximum Gasteiger partial charge on any atom is 0.311 e. The minimum atomic E-state index is -1.08. The molecular formula is C22H34O10S. The molecule has 0 fully saturated rings. The molecule has 0 aliphatic carbocycles. The number of aliphatic hydroxyl groups is 4. The Morgan fingerprint density at radius 1 is 0.970 bits per heavy atom. The van der Waals surface area contributed by atoms with Crippen LogP contribution in [0, 0.1) is 5.41 Å². The van der Waals surface area contributed by atoms with Crippen molar-refractivity contribution in [2.75, 3.05) is 45.0 Å². The van der Waals surface area contributed by atoms with Crippen LogP contribution in [0.15, 0.2) is 24.3 Å². The van der Waals surface area contributed by atoms with Gasteiger partial charge in [0.2, 0.25) is 0 Å². The summed E-state index contributed by atoms with van der Waals surface area (Å²) < 4.78 is 20.7. The lowest BCUT2D eigenvalue weighted by Gasteiger charge is -2.20. The summed E-state index contributed by atoms with van der Waals surface area (Å²) >= 11 is 1.30. The average molecular weight is 491 g/mol. The van der Waals surface area contributed by atoms with Crippen LogP contribution in [0.3, 0.4) is 0 Å². The molecule has 0 heterocycles. The van der Waals surface area contributed by atoms with E-state index in [1.54, 1.807) is 38.1 Å². The fourth-order valence-corrected chi connectivity index (χ4v) is 3.36. The molecule has 0 saturated heterocycles. The highest BCUT2D eigenvalue weighted by Gasteiger charge is 2.32. The number of aliphatic hydroxyl groups excluding tert-OH is 4. The maximum absolute atomic E-state index is 11.9. The highest BCUT2D eigenvalue weighted by molar-refractivity contribution is 7.99. The van der Waals surface area contributed by atoms with Gasteiger partial charge in [0.15, 0.2) is 0 Å². The van der Waals surface area contributed by atoms with Gasteiger partial charge >= 0.3 is 11.9 Å². The zero-order chi connectivity index (χ0) is 24.9. The summed E-state index contributed by atoms with van der Waals surface area (Å²) in [5, 5.41) is 38.0. The van der Waals surface area contributed by atoms with Crippen LogP contribution in [0.1, 0.15) is 20.3 Å². The third kappa shape index (κ3) is 12.1. The second-order valence-electron chi connectivity index (χ2n) is 8.01. The van der Waals surface area contributed by atoms with Crippen LogP contribution in [0.4, 0.5) is 0 Å². The van der Waals surface area contributed by atoms with Gasteiger partial charge in [0.05, 0.1) is 37.8 Å². The number of thioether (sulfide) groups is 1. The molecule has 0 spiro atoms. The van der Waals surface area contributed by atoms with E-state index < -0.39 is 35.7 Å². The summed E-state index contributed by atoms with van der Waals surface area (Å²) in [5.41, 5.74) is -1.03. The van der Waals surface area contributed by atoms with Gasteiger partial charge in [-0.25, -0.2) is 0 Å². The van der Waals surface area contributed by atoms with E-state index in [1.165, 1.54) is 18.9 Å². The van der Waals surface area contributed by atoms with E-state index in [2.05, 4.69) is 4.74 Å². The Bertz CT molecular complexity index is 727. The van der Waals surface area contributed by atoms with Gasteiger partial charge in [-0.2, -0.15) is 11.8 Å². The third-order valence-corrected chi connectivity index (χ3v) is 5.52. The third-order valence-electron chi connectivity index (χ3n) is 4.28. The van der Waals surface area contributed by atoms with Crippen molar-refractivity contribution >= 4 is 23.7 Å². The summed E-state index contributed by atoms with van der Waals surface area (Å²) in [7, 11) is 1.24. The number of esters is 2. The zero-order valence-corrected chi connectivity index (χ0v) is 20.0. The first-order valence-electron chi connectivity index (χ1n) is 10.4. The standard InChI is InChI=1S/C22H34O10S/c1-22(2,21(28)29-3)8-20(27)32-11-16(25)10-30-18-5-4-6-19(7-18)31-12-17(26)14-33-13-15(24)9-23/h4-7,15-17,23-26H,8-14H2,1-3H3. The van der Waals surface area contributed by atoms with Gasteiger partial charge in [-0.3, -0.25) is 9.59 Å². The molecule has 10 nitrogen and oxygen atoms in total. The van der Waals surface area contributed by atoms with E-state index in [0.29, 0.717) is 23.0 Å². The molecule has 3 unspecified atom stereocenters. The second kappa shape index (κ2) is 15.0. The lowest BCUT2D eigenvalue weighted by Crippen LogP contribution is -2.31. The molecule has 0 radical (unpaired) electrons. The molecule has 0 amide bonds. The Morgan fingerprint density at radius 3 is 2.12 bits per heavy atom. The van der Waals surface area contributed by atoms with Crippen molar-refractivity contribution in [1.82, 2.24) is 0 Å². The Kier molecular flexibility index (Phi) is 13.1. The van der Waals surface area contributed by atoms with E-state index in [0.717, 1.165) is 0 Å². The summed E-state index contributed by atoms with van der Waals surface area (Å²) in [6.07, 6.45) is -2.83. The minimum absolute atomic E-state index is 0.0339. The first-order valence-corrected chi connectivity index (χ1v) is 11.5. The van der Waals surface area contributed by atoms with Crippen molar-refractivity contribution in [3.63, 3.8) is 0 Å². The lowest BCUT2D eigenvalue weighted by atomic mass is 9.90. The molecule has 1 aromatic rings. The molecule has 0 saturated carbocycles. The molecule has 1 aromatic carbocycles. The van der Waals surface area contributed by atoms with Gasteiger partial charge in [-0.15, -0.1) is 0 Å². The van der Waals surface area contributed by atoms with E-state index >= 15 is 0 Å². The SMILES string of the molecule is COC(=O)C(C)(C)CC(=O)OCC(O)COc1cccc(OCC(O)CSCC(O)CO)c1. The van der Waals surface area contributed by atoms with Crippen molar-refractivity contribution in [3.05, 3.63) is 24.3 Å². The summed E-state index contributed by atoms with van der Waals surface area (Å²) in [4.78, 5) is 23.5. The highest BCUT2D eigenvalue weighted by Crippen LogP contribution is 2.23. The predicted octanol–water partition coefficient (Wildman–Crippen LogP) is 0.385. The predicted molar refractivity (Wildman–Crippen MR) is 121 cm³/mol. The Hall–Kier alpha value is -2.05. The quantitative estimate of drug-likeness (QED) is 0.238. The van der Waals surface area contributed by atoms with Crippen LogP contribution in [0.5, 0.6) is 11.5 Å². The second-order valence-corrected chi connectivity index (χ2v) is 9.09. The van der Waals surface area contributed by atoms with Gasteiger partial charge in [0, 0.05) is 17.6 Å². The lowest BCUT2D eigenvalue weighted by molar-refractivity contribution is -0.160. The number of carbonyl (C=O) groups excluding carboxylic acids is 2. The zero-order valence-electron chi connectivity index (χ0n) is 19.1. The van der Waals surface area contributed by atoms with Crippen LogP contribution in [-0.4, -0.2) is 95.7 Å². The minimum Gasteiger partial charge on any atom is -0.491 e. The molecule has 0 aromatic heterocycles. The molecule has 0 bridgehead atoms. The van der Waals surface area contributed by atoms with E-state index in [-0.39, 0.29) is 32.8 Å². The number of hydrogen-bond acceptors (Lipinski definition) is 11. The number of ether oxygens (including phenoxy) is 4. The monoisotopic (exact) mass is 490 g/mol. The molecular weight excluding hydrogens is 456 g/mol. The van der Waals surface area contributed by atoms with Crippen LogP contribution in [0.25, 0.3) is 0 Å². The first kappa shape index (κ1) is 29.0. The van der Waals surface area contributed by atoms with E-state index in [9.17, 15) is 24.9 Å². The van der Waals surface area contributed by atoms with E-state index in [1.807, 2.05) is 0 Å². The van der Waals surface area contributed by atoms with Crippen LogP contribution >= 0.6 is 11.8 Å². The molecule has 0 aliphatic heterocycles. The van der Waals surface area contributed by atoms with E-state index in [4.69, 9.17) is 19.3 Å². The van der Waals surface area contributed by atoms with Crippen molar-refractivity contribution in [1.29, 1.82) is 0 Å². The van der Waals surface area contributed by atoms with Gasteiger partial charge in [0.25, 0.3) is 0 Å². The van der Waals surface area contributed by atoms with Gasteiger partial charge in [-0.05, 0) is 26.0 Å². The molecule has 1 rings (SSSR count). The number of carbonyl (C=O) groups is 2. The fourth-order valence-electron chi connectivity index (χ4n) is 2.48. The van der Waals surface area contributed by atoms with Crippen molar-refractivity contribution in [3.8, 4) is 11.5 Å². The molecule has 33 heavy (non-hydrogen) atoms. The Morgan fingerprint density at radius 2 is 1.55 bits per heavy atom. The number of benzene rings is 1. The molecule has 11 heteroatoms. The van der Waals surface area contributed by atoms with Gasteiger partial charge in [0.1, 0.15) is 37.4 Å². The fraction of sp³-hybridized carbons (Fsp3) is 0.636. The maximum atomic E-state index is 11.9. The normalized spacial score (nSPS) is 14.2. The summed E-state index contributed by atoms with van der Waals surface area (Å²) in [5.74, 6) is 0.365. The topological polar surface area (TPSA) is 152 Å². The molecule has 4 N–H and O–H groups in total. The molecule has 188 valence electrons. The summed E-state index contributed by atoms with van der Waals surface area (Å²) in [6, 6.07) is 6.62. The Balaban J connectivity index is 2.35. The molecule has 3 atom stereocenters. The van der Waals surface area contributed by atoms with Gasteiger partial charge in [-0.1, -0.05) is 6.07 Å². The number of hydrogen-bond donors (Lipinski definition) is 4. The van der Waals surface area contributed by atoms with Crippen LogP contribution in [-0.2, 0) is 19.1 Å².